The molecule has 8 heteroatoms. The number of sulfonamides is 1. The average Bonchev–Trinajstić information content (AvgIpc) is 2.80. The summed E-state index contributed by atoms with van der Waals surface area (Å²) < 4.78 is 26.9. The van der Waals surface area contributed by atoms with Crippen LogP contribution in [0.25, 0.3) is 0 Å². The minimum Gasteiger partial charge on any atom is -0.369 e. The van der Waals surface area contributed by atoms with Crippen molar-refractivity contribution < 1.29 is 13.2 Å². The van der Waals surface area contributed by atoms with Crippen molar-refractivity contribution in [2.75, 3.05) is 51.2 Å². The zero-order valence-electron chi connectivity index (χ0n) is 20.1. The summed E-state index contributed by atoms with van der Waals surface area (Å²) in [6, 6.07) is 11.9. The Bertz CT molecular complexity index is 1080. The number of carbonyl (C=O) groups is 1. The van der Waals surface area contributed by atoms with Crippen LogP contribution in [0.2, 0.25) is 0 Å². The van der Waals surface area contributed by atoms with Crippen LogP contribution in [0.4, 0.5) is 5.69 Å². The van der Waals surface area contributed by atoms with Crippen molar-refractivity contribution in [3.63, 3.8) is 0 Å². The second-order valence-corrected chi connectivity index (χ2v) is 10.6. The van der Waals surface area contributed by atoms with Gasteiger partial charge in [0, 0.05) is 44.0 Å². The zero-order valence-corrected chi connectivity index (χ0v) is 21.0. The van der Waals surface area contributed by atoms with E-state index in [4.69, 9.17) is 0 Å². The number of hydrogen-bond acceptors (Lipinski definition) is 5. The fraction of sp³-hybridized carbons (Fsp3) is 0.480. The summed E-state index contributed by atoms with van der Waals surface area (Å²) in [4.78, 5) is 17.7. The van der Waals surface area contributed by atoms with Gasteiger partial charge in [0.05, 0.1) is 4.90 Å². The Morgan fingerprint density at radius 2 is 1.73 bits per heavy atom. The largest absolute Gasteiger partial charge is 0.369 e. The number of anilines is 1. The maximum absolute atomic E-state index is 12.6. The van der Waals surface area contributed by atoms with E-state index in [-0.39, 0.29) is 10.8 Å². The van der Waals surface area contributed by atoms with Gasteiger partial charge in [0.2, 0.25) is 10.0 Å². The number of carbonyl (C=O) groups excluding carboxylic acids is 1. The van der Waals surface area contributed by atoms with Crippen LogP contribution < -0.4 is 14.9 Å². The molecule has 0 saturated carbocycles. The molecule has 0 unspecified atom stereocenters. The Morgan fingerprint density at radius 3 is 2.39 bits per heavy atom. The summed E-state index contributed by atoms with van der Waals surface area (Å²) in [6.45, 7) is 11.4. The molecule has 2 aromatic rings. The number of unbranched alkanes of at least 4 members (excludes halogenated alkanes) is 1. The number of nitrogens with zero attached hydrogens (tertiary/aromatic N) is 2. The topological polar surface area (TPSA) is 81.7 Å². The molecule has 1 heterocycles. The van der Waals surface area contributed by atoms with Crippen molar-refractivity contribution in [2.24, 2.45) is 0 Å². The number of aryl methyl sites for hydroxylation is 2. The van der Waals surface area contributed by atoms with Crippen LogP contribution in [0.1, 0.15) is 39.9 Å². The van der Waals surface area contributed by atoms with Crippen molar-refractivity contribution in [1.29, 1.82) is 0 Å². The van der Waals surface area contributed by atoms with E-state index in [1.807, 2.05) is 6.92 Å². The van der Waals surface area contributed by atoms with Crippen molar-refractivity contribution in [3.8, 4) is 0 Å². The number of benzene rings is 2. The van der Waals surface area contributed by atoms with Crippen LogP contribution in [0.3, 0.4) is 0 Å². The van der Waals surface area contributed by atoms with Crippen molar-refractivity contribution in [3.05, 3.63) is 58.7 Å². The van der Waals surface area contributed by atoms with E-state index >= 15 is 0 Å². The van der Waals surface area contributed by atoms with Gasteiger partial charge in [-0.05, 0) is 88.2 Å². The molecular formula is C25H36N4O3S. The van der Waals surface area contributed by atoms with Crippen molar-refractivity contribution in [2.45, 2.75) is 38.5 Å². The standard InChI is InChI=1S/C25H36N4O3S/c1-19-8-7-9-23(16-19)29-14-12-28(13-15-29)11-6-5-10-27-25(30)22-17-20(2)21(3)24(18-22)33(31,32)26-4/h7-9,16-18,26H,5-6,10-15H2,1-4H3,(H,27,30). The first-order chi connectivity index (χ1) is 15.7. The molecule has 3 rings (SSSR count). The Labute approximate surface area is 198 Å². The lowest BCUT2D eigenvalue weighted by atomic mass is 10.1. The lowest BCUT2D eigenvalue weighted by Gasteiger charge is -2.36. The van der Waals surface area contributed by atoms with E-state index in [2.05, 4.69) is 51.0 Å². The third-order valence-corrected chi connectivity index (χ3v) is 7.91. The summed E-state index contributed by atoms with van der Waals surface area (Å²) >= 11 is 0. The number of amides is 1. The summed E-state index contributed by atoms with van der Waals surface area (Å²) in [6.07, 6.45) is 1.90. The molecule has 1 fully saturated rings. The van der Waals surface area contributed by atoms with E-state index < -0.39 is 10.0 Å². The van der Waals surface area contributed by atoms with Gasteiger partial charge in [0.15, 0.2) is 0 Å². The quantitative estimate of drug-likeness (QED) is 0.549. The highest BCUT2D eigenvalue weighted by Gasteiger charge is 2.20. The molecule has 1 saturated heterocycles. The molecule has 1 aliphatic heterocycles. The molecule has 2 N–H and O–H groups in total. The number of rotatable bonds is 9. The fourth-order valence-corrected chi connectivity index (χ4v) is 5.23. The van der Waals surface area contributed by atoms with Gasteiger partial charge in [0.1, 0.15) is 0 Å². The van der Waals surface area contributed by atoms with Gasteiger partial charge in [-0.2, -0.15) is 0 Å². The summed E-state index contributed by atoms with van der Waals surface area (Å²) in [5.41, 5.74) is 4.40. The lowest BCUT2D eigenvalue weighted by molar-refractivity contribution is 0.0952. The first-order valence-corrected chi connectivity index (χ1v) is 13.1. The SMILES string of the molecule is CNS(=O)(=O)c1cc(C(=O)NCCCCN2CCN(c3cccc(C)c3)CC2)cc(C)c1C. The fourth-order valence-electron chi connectivity index (χ4n) is 4.17. The van der Waals surface area contributed by atoms with Crippen molar-refractivity contribution >= 4 is 21.6 Å². The Kier molecular flexibility index (Phi) is 8.51. The second kappa shape index (κ2) is 11.1. The molecule has 0 aromatic heterocycles. The highest BCUT2D eigenvalue weighted by atomic mass is 32.2. The molecule has 1 amide bonds. The second-order valence-electron chi connectivity index (χ2n) is 8.75. The molecule has 180 valence electrons. The highest BCUT2D eigenvalue weighted by Crippen LogP contribution is 2.21. The van der Waals surface area contributed by atoms with Crippen LogP contribution in [0.5, 0.6) is 0 Å². The normalized spacial score (nSPS) is 15.0. The van der Waals surface area contributed by atoms with E-state index in [0.29, 0.717) is 17.7 Å². The van der Waals surface area contributed by atoms with Gasteiger partial charge < -0.3 is 10.2 Å². The predicted molar refractivity (Wildman–Crippen MR) is 134 cm³/mol. The summed E-state index contributed by atoms with van der Waals surface area (Å²) in [5, 5.41) is 2.93. The van der Waals surface area contributed by atoms with Crippen LogP contribution in [0.15, 0.2) is 41.3 Å². The Morgan fingerprint density at radius 1 is 1.00 bits per heavy atom. The third kappa shape index (κ3) is 6.56. The number of piperazine rings is 1. The Hall–Kier alpha value is -2.42. The maximum atomic E-state index is 12.6. The van der Waals surface area contributed by atoms with Crippen molar-refractivity contribution in [1.82, 2.24) is 14.9 Å². The molecular weight excluding hydrogens is 436 g/mol. The minimum absolute atomic E-state index is 0.153. The van der Waals surface area contributed by atoms with Gasteiger partial charge in [-0.3, -0.25) is 9.69 Å². The third-order valence-electron chi connectivity index (χ3n) is 6.37. The number of hydrogen-bond donors (Lipinski definition) is 2. The molecule has 7 nitrogen and oxygen atoms in total. The summed E-state index contributed by atoms with van der Waals surface area (Å²) in [5.74, 6) is -0.238. The molecule has 1 aliphatic rings. The molecule has 0 aliphatic carbocycles. The first kappa shape index (κ1) is 25.2. The first-order valence-electron chi connectivity index (χ1n) is 11.6. The molecule has 0 radical (unpaired) electrons. The van der Waals surface area contributed by atoms with Crippen LogP contribution in [0, 0.1) is 20.8 Å². The summed E-state index contributed by atoms with van der Waals surface area (Å²) in [7, 11) is -2.24. The van der Waals surface area contributed by atoms with Crippen LogP contribution in [-0.4, -0.2) is 65.5 Å². The van der Waals surface area contributed by atoms with E-state index in [1.165, 1.54) is 24.4 Å². The molecule has 0 atom stereocenters. The highest BCUT2D eigenvalue weighted by molar-refractivity contribution is 7.89. The van der Waals surface area contributed by atoms with Gasteiger partial charge >= 0.3 is 0 Å². The molecule has 0 bridgehead atoms. The Balaban J connectivity index is 1.42. The molecule has 33 heavy (non-hydrogen) atoms. The van der Waals surface area contributed by atoms with E-state index in [9.17, 15) is 13.2 Å². The van der Waals surface area contributed by atoms with Crippen LogP contribution >= 0.6 is 0 Å². The number of nitrogens with one attached hydrogen (secondary N) is 2. The lowest BCUT2D eigenvalue weighted by Crippen LogP contribution is -2.46. The molecule has 2 aromatic carbocycles. The maximum Gasteiger partial charge on any atom is 0.251 e. The zero-order chi connectivity index (χ0) is 24.0. The average molecular weight is 473 g/mol. The van der Waals surface area contributed by atoms with E-state index in [0.717, 1.165) is 51.1 Å². The monoisotopic (exact) mass is 472 g/mol. The molecule has 0 spiro atoms. The van der Waals surface area contributed by atoms with Gasteiger partial charge in [-0.15, -0.1) is 0 Å². The van der Waals surface area contributed by atoms with Crippen LogP contribution in [-0.2, 0) is 10.0 Å². The van der Waals surface area contributed by atoms with Gasteiger partial charge in [0.25, 0.3) is 5.91 Å². The predicted octanol–water partition coefficient (Wildman–Crippen LogP) is 2.85. The van der Waals surface area contributed by atoms with E-state index in [1.54, 1.807) is 13.0 Å². The van der Waals surface area contributed by atoms with Gasteiger partial charge in [-0.1, -0.05) is 12.1 Å². The van der Waals surface area contributed by atoms with Gasteiger partial charge in [-0.25, -0.2) is 13.1 Å². The minimum atomic E-state index is -3.61. The smallest absolute Gasteiger partial charge is 0.251 e.